The Morgan fingerprint density at radius 1 is 1.19 bits per heavy atom. The number of thiophene rings is 1. The van der Waals surface area contributed by atoms with Crippen LogP contribution in [0.5, 0.6) is 0 Å². The summed E-state index contributed by atoms with van der Waals surface area (Å²) in [4.78, 5) is 5.53. The van der Waals surface area contributed by atoms with E-state index < -0.39 is 11.9 Å². The summed E-state index contributed by atoms with van der Waals surface area (Å²) in [7, 11) is 1.55. The highest BCUT2D eigenvalue weighted by molar-refractivity contribution is 7.22. The third-order valence-corrected chi connectivity index (χ3v) is 6.07. The number of benzene rings is 1. The van der Waals surface area contributed by atoms with Crippen LogP contribution in [0.25, 0.3) is 27.1 Å². The number of hydrogen-bond donors (Lipinski definition) is 1. The predicted octanol–water partition coefficient (Wildman–Crippen LogP) is 4.58. The van der Waals surface area contributed by atoms with E-state index in [0.29, 0.717) is 36.3 Å². The minimum atomic E-state index is -4.47. The summed E-state index contributed by atoms with van der Waals surface area (Å²) >= 11 is 1.49. The van der Waals surface area contributed by atoms with Crippen LogP contribution in [0.3, 0.4) is 0 Å². The maximum Gasteiger partial charge on any atom is 0.434 e. The number of aromatic nitrogens is 4. The average Bonchev–Trinajstić information content (AvgIpc) is 3.44. The molecule has 0 saturated carbocycles. The van der Waals surface area contributed by atoms with Crippen LogP contribution < -0.4 is 10.6 Å². The van der Waals surface area contributed by atoms with E-state index in [2.05, 4.69) is 15.2 Å². The maximum atomic E-state index is 12.9. The van der Waals surface area contributed by atoms with Crippen LogP contribution in [-0.4, -0.2) is 32.8 Å². The topological polar surface area (TPSA) is 86.0 Å². The van der Waals surface area contributed by atoms with Crippen molar-refractivity contribution in [3.63, 3.8) is 0 Å². The Morgan fingerprint density at radius 2 is 2.00 bits per heavy atom. The fraction of sp³-hybridized carbons (Fsp3) is 0.250. The zero-order chi connectivity index (χ0) is 21.8. The molecule has 1 aliphatic heterocycles. The molecule has 1 aromatic carbocycles. The number of anilines is 2. The van der Waals surface area contributed by atoms with Gasteiger partial charge in [-0.2, -0.15) is 13.2 Å². The van der Waals surface area contributed by atoms with Crippen molar-refractivity contribution in [2.75, 3.05) is 23.7 Å². The number of nitrogens with zero attached hydrogens (tertiary/aromatic N) is 5. The Labute approximate surface area is 178 Å². The molecule has 1 aliphatic rings. The molecular weight excluding hydrogens is 429 g/mol. The predicted molar refractivity (Wildman–Crippen MR) is 113 cm³/mol. The van der Waals surface area contributed by atoms with Crippen LogP contribution in [0, 0.1) is 0 Å². The number of nitrogens with two attached hydrogens (primary N) is 1. The van der Waals surface area contributed by atoms with Gasteiger partial charge in [-0.3, -0.25) is 0 Å². The van der Waals surface area contributed by atoms with Gasteiger partial charge < -0.3 is 19.6 Å². The monoisotopic (exact) mass is 446 g/mol. The van der Waals surface area contributed by atoms with Crippen LogP contribution >= 0.6 is 11.3 Å². The lowest BCUT2D eigenvalue weighted by Gasteiger charge is -2.26. The molecule has 0 saturated heterocycles. The van der Waals surface area contributed by atoms with Crippen molar-refractivity contribution in [3.8, 4) is 11.5 Å². The molecule has 3 aromatic heterocycles. The van der Waals surface area contributed by atoms with Crippen molar-refractivity contribution in [2.24, 2.45) is 7.05 Å². The standard InChI is InChI=1S/C20H17F3N6OS/c1-28-10-15(20(21,22)23)25-19(28)29-7-5-11(6-8-29)17-26-27-18(30-17)12-3-2-4-14-13(12)9-16(24)31-14/h2-5,9-10H,6-8,24H2,1H3. The number of halogens is 3. The Morgan fingerprint density at radius 3 is 2.71 bits per heavy atom. The van der Waals surface area contributed by atoms with E-state index >= 15 is 0 Å². The molecule has 7 nitrogen and oxygen atoms in total. The first-order chi connectivity index (χ1) is 14.8. The van der Waals surface area contributed by atoms with Gasteiger partial charge in [-0.25, -0.2) is 4.98 Å². The Hall–Kier alpha value is -3.34. The van der Waals surface area contributed by atoms with Gasteiger partial charge in [0, 0.05) is 47.6 Å². The van der Waals surface area contributed by atoms with E-state index in [-0.39, 0.29) is 5.95 Å². The van der Waals surface area contributed by atoms with Gasteiger partial charge in [0.2, 0.25) is 17.7 Å². The van der Waals surface area contributed by atoms with Crippen molar-refractivity contribution in [3.05, 3.63) is 48.1 Å². The molecule has 0 spiro atoms. The molecule has 0 radical (unpaired) electrons. The van der Waals surface area contributed by atoms with Gasteiger partial charge in [0.05, 0.1) is 5.00 Å². The van der Waals surface area contributed by atoms with Gasteiger partial charge in [0.25, 0.3) is 0 Å². The fourth-order valence-corrected chi connectivity index (χ4v) is 4.52. The molecule has 11 heteroatoms. The minimum absolute atomic E-state index is 0.274. The molecule has 31 heavy (non-hydrogen) atoms. The second kappa shape index (κ2) is 7.12. The van der Waals surface area contributed by atoms with Crippen LogP contribution in [0.15, 0.2) is 41.0 Å². The highest BCUT2D eigenvalue weighted by Crippen LogP contribution is 2.36. The van der Waals surface area contributed by atoms with E-state index in [9.17, 15) is 13.2 Å². The summed E-state index contributed by atoms with van der Waals surface area (Å²) < 4.78 is 47.1. The number of imidazole rings is 1. The van der Waals surface area contributed by atoms with Crippen molar-refractivity contribution < 1.29 is 17.6 Å². The van der Waals surface area contributed by atoms with Crippen LogP contribution in [0.2, 0.25) is 0 Å². The summed E-state index contributed by atoms with van der Waals surface area (Å²) in [6, 6.07) is 7.69. The lowest BCUT2D eigenvalue weighted by molar-refractivity contribution is -0.140. The molecule has 160 valence electrons. The number of hydrogen-bond acceptors (Lipinski definition) is 7. The van der Waals surface area contributed by atoms with Gasteiger partial charge in [-0.15, -0.1) is 21.5 Å². The second-order valence-electron chi connectivity index (χ2n) is 7.24. The van der Waals surface area contributed by atoms with Gasteiger partial charge >= 0.3 is 6.18 Å². The fourth-order valence-electron chi connectivity index (χ4n) is 3.66. The first kappa shape index (κ1) is 19.6. The molecule has 0 atom stereocenters. The van der Waals surface area contributed by atoms with Crippen LogP contribution in [0.1, 0.15) is 18.0 Å². The Bertz CT molecular complexity index is 1300. The molecule has 0 aliphatic carbocycles. The third kappa shape index (κ3) is 3.54. The number of aryl methyl sites for hydroxylation is 1. The van der Waals surface area contributed by atoms with Gasteiger partial charge in [0.1, 0.15) is 0 Å². The van der Waals surface area contributed by atoms with Gasteiger partial charge in [-0.05, 0) is 24.6 Å². The van der Waals surface area contributed by atoms with Crippen molar-refractivity contribution >= 4 is 37.9 Å². The van der Waals surface area contributed by atoms with Crippen LogP contribution in [0.4, 0.5) is 24.1 Å². The molecule has 0 amide bonds. The third-order valence-electron chi connectivity index (χ3n) is 5.14. The van der Waals surface area contributed by atoms with Crippen LogP contribution in [-0.2, 0) is 13.2 Å². The second-order valence-corrected chi connectivity index (χ2v) is 8.35. The molecule has 0 unspecified atom stereocenters. The normalized spacial score (nSPS) is 15.0. The number of alkyl halides is 3. The summed E-state index contributed by atoms with van der Waals surface area (Å²) in [5.74, 6) is 1.09. The summed E-state index contributed by atoms with van der Waals surface area (Å²) in [6.07, 6.45) is -1.04. The number of nitrogen functional groups attached to an aromatic ring is 1. The maximum absolute atomic E-state index is 12.9. The molecule has 0 bridgehead atoms. The lowest BCUT2D eigenvalue weighted by atomic mass is 10.1. The molecular formula is C20H17F3N6OS. The zero-order valence-electron chi connectivity index (χ0n) is 16.3. The van der Waals surface area contributed by atoms with Crippen molar-refractivity contribution in [1.29, 1.82) is 0 Å². The average molecular weight is 446 g/mol. The van der Waals surface area contributed by atoms with E-state index in [0.717, 1.165) is 27.4 Å². The van der Waals surface area contributed by atoms with Crippen molar-refractivity contribution in [2.45, 2.75) is 12.6 Å². The van der Waals surface area contributed by atoms with Gasteiger partial charge in [-0.1, -0.05) is 12.1 Å². The van der Waals surface area contributed by atoms with E-state index in [1.54, 1.807) is 11.9 Å². The molecule has 4 aromatic rings. The minimum Gasteiger partial charge on any atom is -0.416 e. The first-order valence-corrected chi connectivity index (χ1v) is 10.3. The summed E-state index contributed by atoms with van der Waals surface area (Å²) in [5, 5.41) is 10.0. The SMILES string of the molecule is Cn1cc(C(F)(F)F)nc1N1CC=C(c2nnc(-c3cccc4sc(N)cc34)o2)CC1. The Balaban J connectivity index is 1.38. The molecule has 5 rings (SSSR count). The highest BCUT2D eigenvalue weighted by Gasteiger charge is 2.35. The van der Waals surface area contributed by atoms with E-state index in [1.165, 1.54) is 15.9 Å². The van der Waals surface area contributed by atoms with E-state index in [4.69, 9.17) is 10.2 Å². The molecule has 0 fully saturated rings. The molecule has 4 heterocycles. The molecule has 2 N–H and O–H groups in total. The van der Waals surface area contributed by atoms with E-state index in [1.807, 2.05) is 30.3 Å². The smallest absolute Gasteiger partial charge is 0.416 e. The highest BCUT2D eigenvalue weighted by atomic mass is 32.1. The quantitative estimate of drug-likeness (QED) is 0.496. The number of rotatable bonds is 3. The lowest BCUT2D eigenvalue weighted by Crippen LogP contribution is -2.30. The Kier molecular flexibility index (Phi) is 4.50. The first-order valence-electron chi connectivity index (χ1n) is 9.46. The largest absolute Gasteiger partial charge is 0.434 e. The summed E-state index contributed by atoms with van der Waals surface area (Å²) in [6.45, 7) is 0.883. The summed E-state index contributed by atoms with van der Waals surface area (Å²) in [5.41, 5.74) is 6.70. The zero-order valence-corrected chi connectivity index (χ0v) is 17.2. The van der Waals surface area contributed by atoms with Gasteiger partial charge in [0.15, 0.2) is 5.69 Å². The van der Waals surface area contributed by atoms with Crippen molar-refractivity contribution in [1.82, 2.24) is 19.7 Å². The number of fused-ring (bicyclic) bond motifs is 1.